The molecule has 0 aromatic carbocycles. The predicted molar refractivity (Wildman–Crippen MR) is 116 cm³/mol. The topological polar surface area (TPSA) is 45.2 Å². The number of anilines is 1. The van der Waals surface area contributed by atoms with E-state index < -0.39 is 0 Å². The van der Waals surface area contributed by atoms with Crippen molar-refractivity contribution in [2.24, 2.45) is 5.92 Å². The molecule has 5 rings (SSSR count). The van der Waals surface area contributed by atoms with E-state index in [9.17, 15) is 0 Å². The van der Waals surface area contributed by atoms with Gasteiger partial charge in [0, 0.05) is 49.0 Å². The molecule has 1 atom stereocenters. The van der Waals surface area contributed by atoms with Crippen LogP contribution in [0.1, 0.15) is 30.7 Å². The van der Waals surface area contributed by atoms with Gasteiger partial charge in [-0.15, -0.1) is 11.3 Å². The molecule has 0 amide bonds. The van der Waals surface area contributed by atoms with Gasteiger partial charge >= 0.3 is 0 Å². The summed E-state index contributed by atoms with van der Waals surface area (Å²) in [5.74, 6) is 2.72. The molecule has 0 unspecified atom stereocenters. The molecule has 146 valence electrons. The summed E-state index contributed by atoms with van der Waals surface area (Å²) in [5, 5.41) is 1.32. The lowest BCUT2D eigenvalue weighted by atomic mass is 9.89. The third-order valence-electron chi connectivity index (χ3n) is 6.17. The van der Waals surface area contributed by atoms with Crippen LogP contribution in [-0.4, -0.2) is 52.6 Å². The van der Waals surface area contributed by atoms with E-state index in [1.165, 1.54) is 28.7 Å². The van der Waals surface area contributed by atoms with Crippen LogP contribution in [0.5, 0.6) is 0 Å². The summed E-state index contributed by atoms with van der Waals surface area (Å²) in [6, 6.07) is 4.02. The van der Waals surface area contributed by atoms with Gasteiger partial charge in [-0.3, -0.25) is 4.98 Å². The minimum atomic E-state index is 0.767. The first-order chi connectivity index (χ1) is 13.7. The first kappa shape index (κ1) is 18.0. The number of piperazine rings is 1. The summed E-state index contributed by atoms with van der Waals surface area (Å²) < 4.78 is 0. The predicted octanol–water partition coefficient (Wildman–Crippen LogP) is 4.02. The number of nitrogens with zero attached hydrogens (tertiary/aromatic N) is 5. The maximum absolute atomic E-state index is 5.11. The quantitative estimate of drug-likeness (QED) is 0.672. The molecule has 0 saturated carbocycles. The second-order valence-corrected chi connectivity index (χ2v) is 9.15. The molecule has 1 aliphatic heterocycles. The molecule has 1 aliphatic carbocycles. The average Bonchev–Trinajstić information content (AvgIpc) is 3.11. The second kappa shape index (κ2) is 7.41. The van der Waals surface area contributed by atoms with Crippen molar-refractivity contribution in [3.63, 3.8) is 0 Å². The van der Waals surface area contributed by atoms with Gasteiger partial charge in [0.1, 0.15) is 10.6 Å². The summed E-state index contributed by atoms with van der Waals surface area (Å²) in [6.45, 7) is 10.0. The molecule has 1 saturated heterocycles. The molecule has 2 aliphatic rings. The molecule has 0 bridgehead atoms. The Balaban J connectivity index is 1.65. The molecular weight excluding hydrogens is 366 g/mol. The van der Waals surface area contributed by atoms with Gasteiger partial charge in [0.2, 0.25) is 0 Å². The normalized spacial score (nSPS) is 20.5. The molecule has 4 heterocycles. The summed E-state index contributed by atoms with van der Waals surface area (Å²) in [4.78, 5) is 22.1. The first-order valence-electron chi connectivity index (χ1n) is 10.4. The zero-order valence-electron chi connectivity index (χ0n) is 16.7. The summed E-state index contributed by atoms with van der Waals surface area (Å²) in [6.07, 6.45) is 7.29. The lowest BCUT2D eigenvalue weighted by molar-refractivity contribution is 0.271. The third kappa shape index (κ3) is 3.18. The Labute approximate surface area is 170 Å². The molecule has 3 aromatic rings. The minimum absolute atomic E-state index is 0.767. The van der Waals surface area contributed by atoms with E-state index in [1.54, 1.807) is 6.20 Å². The highest BCUT2D eigenvalue weighted by Crippen LogP contribution is 2.42. The zero-order valence-corrected chi connectivity index (χ0v) is 17.5. The van der Waals surface area contributed by atoms with E-state index in [0.29, 0.717) is 0 Å². The van der Waals surface area contributed by atoms with Gasteiger partial charge < -0.3 is 9.80 Å². The number of fused-ring (bicyclic) bond motifs is 3. The van der Waals surface area contributed by atoms with Crippen molar-refractivity contribution in [3.05, 3.63) is 35.0 Å². The van der Waals surface area contributed by atoms with Crippen molar-refractivity contribution in [1.82, 2.24) is 19.9 Å². The smallest absolute Gasteiger partial charge is 0.164 e. The van der Waals surface area contributed by atoms with Crippen molar-refractivity contribution < 1.29 is 0 Å². The van der Waals surface area contributed by atoms with Gasteiger partial charge in [-0.05, 0) is 49.4 Å². The van der Waals surface area contributed by atoms with E-state index in [-0.39, 0.29) is 0 Å². The van der Waals surface area contributed by atoms with Gasteiger partial charge in [-0.2, -0.15) is 0 Å². The van der Waals surface area contributed by atoms with E-state index >= 15 is 0 Å². The number of aryl methyl sites for hydroxylation is 1. The Morgan fingerprint density at radius 3 is 2.79 bits per heavy atom. The van der Waals surface area contributed by atoms with Crippen LogP contribution in [0, 0.1) is 5.92 Å². The van der Waals surface area contributed by atoms with Crippen molar-refractivity contribution in [2.75, 3.05) is 37.6 Å². The van der Waals surface area contributed by atoms with Crippen LogP contribution >= 0.6 is 11.3 Å². The second-order valence-electron chi connectivity index (χ2n) is 8.07. The summed E-state index contributed by atoms with van der Waals surface area (Å²) >= 11 is 1.89. The molecule has 3 aromatic heterocycles. The fourth-order valence-corrected chi connectivity index (χ4v) is 5.83. The fraction of sp³-hybridized carbons (Fsp3) is 0.500. The maximum atomic E-state index is 5.11. The molecule has 5 nitrogen and oxygen atoms in total. The Bertz CT molecular complexity index is 976. The number of hydrogen-bond donors (Lipinski definition) is 0. The zero-order chi connectivity index (χ0) is 19.1. The van der Waals surface area contributed by atoms with Crippen LogP contribution in [0.4, 0.5) is 5.82 Å². The number of hydrogen-bond acceptors (Lipinski definition) is 6. The highest BCUT2D eigenvalue weighted by atomic mass is 32.1. The van der Waals surface area contributed by atoms with Crippen molar-refractivity contribution >= 4 is 27.4 Å². The number of rotatable bonds is 3. The molecule has 0 spiro atoms. The standard InChI is InChI=1S/C22H27N5S/c1-3-26-9-11-27(12-10-26)21-19-17-7-6-15(2)13-18(17)28-22(19)25-20(24-21)16-5-4-8-23-14-16/h4-5,8,14-15H,3,6-7,9-13H2,1-2H3/t15-/m1/s1. The molecule has 0 radical (unpaired) electrons. The SMILES string of the molecule is CCN1CCN(c2nc(-c3cccnc3)nc3sc4c(c23)CC[C@@H](C)C4)CC1. The molecule has 1 fully saturated rings. The maximum Gasteiger partial charge on any atom is 0.164 e. The van der Waals surface area contributed by atoms with Crippen LogP contribution in [-0.2, 0) is 12.8 Å². The van der Waals surface area contributed by atoms with Crippen LogP contribution < -0.4 is 4.90 Å². The van der Waals surface area contributed by atoms with Crippen LogP contribution in [0.15, 0.2) is 24.5 Å². The molecule has 28 heavy (non-hydrogen) atoms. The average molecular weight is 394 g/mol. The van der Waals surface area contributed by atoms with E-state index in [0.717, 1.165) is 67.1 Å². The first-order valence-corrected chi connectivity index (χ1v) is 11.2. The van der Waals surface area contributed by atoms with Gasteiger partial charge in [0.25, 0.3) is 0 Å². The van der Waals surface area contributed by atoms with E-state index in [4.69, 9.17) is 9.97 Å². The Kier molecular flexibility index (Phi) is 4.77. The summed E-state index contributed by atoms with van der Waals surface area (Å²) in [7, 11) is 0. The molecular formula is C22H27N5S. The fourth-order valence-electron chi connectivity index (χ4n) is 4.45. The lowest BCUT2D eigenvalue weighted by Gasteiger charge is -2.35. The number of pyridine rings is 1. The highest BCUT2D eigenvalue weighted by Gasteiger charge is 2.27. The van der Waals surface area contributed by atoms with E-state index in [2.05, 4.69) is 34.7 Å². The van der Waals surface area contributed by atoms with E-state index in [1.807, 2.05) is 23.6 Å². The largest absolute Gasteiger partial charge is 0.353 e. The van der Waals surface area contributed by atoms with Crippen LogP contribution in [0.25, 0.3) is 21.6 Å². The Morgan fingerprint density at radius 1 is 1.18 bits per heavy atom. The number of thiophene rings is 1. The third-order valence-corrected chi connectivity index (χ3v) is 7.32. The number of likely N-dealkylation sites (N-methyl/N-ethyl adjacent to an activating group) is 1. The lowest BCUT2D eigenvalue weighted by Crippen LogP contribution is -2.46. The summed E-state index contributed by atoms with van der Waals surface area (Å²) in [5.41, 5.74) is 2.52. The highest BCUT2D eigenvalue weighted by molar-refractivity contribution is 7.19. The van der Waals surface area contributed by atoms with Crippen molar-refractivity contribution in [1.29, 1.82) is 0 Å². The molecule has 6 heteroatoms. The Hall–Kier alpha value is -2.05. The van der Waals surface area contributed by atoms with Crippen molar-refractivity contribution in [3.8, 4) is 11.4 Å². The van der Waals surface area contributed by atoms with Gasteiger partial charge in [-0.1, -0.05) is 13.8 Å². The van der Waals surface area contributed by atoms with Crippen molar-refractivity contribution in [2.45, 2.75) is 33.1 Å². The Morgan fingerprint density at radius 2 is 2.04 bits per heavy atom. The minimum Gasteiger partial charge on any atom is -0.353 e. The van der Waals surface area contributed by atoms with Crippen LogP contribution in [0.3, 0.4) is 0 Å². The van der Waals surface area contributed by atoms with Gasteiger partial charge in [0.15, 0.2) is 5.82 Å². The van der Waals surface area contributed by atoms with Gasteiger partial charge in [0.05, 0.1) is 5.39 Å². The molecule has 0 N–H and O–H groups in total. The number of aromatic nitrogens is 3. The van der Waals surface area contributed by atoms with Gasteiger partial charge in [-0.25, -0.2) is 9.97 Å². The monoisotopic (exact) mass is 393 g/mol. The van der Waals surface area contributed by atoms with Crippen LogP contribution in [0.2, 0.25) is 0 Å².